The van der Waals surface area contributed by atoms with E-state index in [-0.39, 0.29) is 30.1 Å². The minimum Gasteiger partial charge on any atom is -0.447 e. The van der Waals surface area contributed by atoms with E-state index in [9.17, 15) is 4.79 Å². The van der Waals surface area contributed by atoms with Crippen LogP contribution in [0, 0.1) is 0 Å². The van der Waals surface area contributed by atoms with Crippen molar-refractivity contribution in [2.75, 3.05) is 13.1 Å². The van der Waals surface area contributed by atoms with Crippen molar-refractivity contribution in [1.29, 1.82) is 0 Å². The molecule has 0 atom stereocenters. The van der Waals surface area contributed by atoms with Crippen LogP contribution >= 0.6 is 12.4 Å². The molecular weight excluding hydrogens is 216 g/mol. The fourth-order valence-corrected chi connectivity index (χ4v) is 1.59. The van der Waals surface area contributed by atoms with Crippen LogP contribution in [0.25, 0.3) is 0 Å². The van der Waals surface area contributed by atoms with Crippen molar-refractivity contribution in [3.05, 3.63) is 0 Å². The van der Waals surface area contributed by atoms with Crippen LogP contribution in [-0.4, -0.2) is 30.8 Å². The van der Waals surface area contributed by atoms with Gasteiger partial charge in [0.1, 0.15) is 0 Å². The monoisotopic (exact) mass is 236 g/mol. The second kappa shape index (κ2) is 6.18. The number of hydrogen-bond acceptors (Lipinski definition) is 3. The van der Waals surface area contributed by atoms with Crippen LogP contribution in [0.15, 0.2) is 0 Å². The number of rotatable bonds is 2. The zero-order chi connectivity index (χ0) is 10.6. The second-order valence-electron chi connectivity index (χ2n) is 4.39. The molecule has 0 unspecified atom stereocenters. The molecule has 0 aromatic heterocycles. The summed E-state index contributed by atoms with van der Waals surface area (Å²) in [6, 6.07) is 0. The molecule has 0 aromatic carbocycles. The van der Waals surface area contributed by atoms with Crippen LogP contribution < -0.4 is 10.6 Å². The van der Waals surface area contributed by atoms with Gasteiger partial charge in [0.05, 0.1) is 6.10 Å². The average molecular weight is 237 g/mol. The summed E-state index contributed by atoms with van der Waals surface area (Å²) >= 11 is 0. The predicted octanol–water partition coefficient (Wildman–Crippen LogP) is 1.68. The van der Waals surface area contributed by atoms with Gasteiger partial charge in [-0.1, -0.05) is 0 Å². The molecule has 1 rings (SSSR count). The van der Waals surface area contributed by atoms with Gasteiger partial charge in [-0.2, -0.15) is 0 Å². The van der Waals surface area contributed by atoms with Crippen molar-refractivity contribution in [2.24, 2.45) is 0 Å². The molecular formula is C10H21ClN2O2. The topological polar surface area (TPSA) is 50.4 Å². The maximum absolute atomic E-state index is 11.4. The van der Waals surface area contributed by atoms with Crippen LogP contribution in [0.5, 0.6) is 0 Å². The van der Waals surface area contributed by atoms with Gasteiger partial charge in [-0.3, -0.25) is 0 Å². The number of piperidine rings is 1. The molecule has 1 saturated heterocycles. The molecule has 1 fully saturated rings. The van der Waals surface area contributed by atoms with Gasteiger partial charge in [-0.05, 0) is 46.7 Å². The lowest BCUT2D eigenvalue weighted by Gasteiger charge is -2.34. The Kier molecular flexibility index (Phi) is 5.98. The van der Waals surface area contributed by atoms with Crippen molar-refractivity contribution in [3.63, 3.8) is 0 Å². The zero-order valence-corrected chi connectivity index (χ0v) is 10.4. The summed E-state index contributed by atoms with van der Waals surface area (Å²) in [4.78, 5) is 11.4. The van der Waals surface area contributed by atoms with Crippen LogP contribution in [0.4, 0.5) is 4.79 Å². The van der Waals surface area contributed by atoms with Gasteiger partial charge >= 0.3 is 6.09 Å². The summed E-state index contributed by atoms with van der Waals surface area (Å²) < 4.78 is 5.05. The lowest BCUT2D eigenvalue weighted by molar-refractivity contribution is 0.101. The van der Waals surface area contributed by atoms with Gasteiger partial charge in [0.25, 0.3) is 0 Å². The normalized spacial score (nSPS) is 19.2. The maximum atomic E-state index is 11.4. The minimum absolute atomic E-state index is 0. The standard InChI is InChI=1S/C10H20N2O2.ClH/c1-8(2)14-9(13)12-10(3)4-6-11-7-5-10;/h8,11H,4-7H2,1-3H3,(H,12,13);1H. The van der Waals surface area contributed by atoms with E-state index in [2.05, 4.69) is 17.6 Å². The summed E-state index contributed by atoms with van der Waals surface area (Å²) in [6.07, 6.45) is 1.56. The van der Waals surface area contributed by atoms with E-state index < -0.39 is 0 Å². The summed E-state index contributed by atoms with van der Waals surface area (Å²) in [5.74, 6) is 0. The van der Waals surface area contributed by atoms with Gasteiger partial charge in [0.2, 0.25) is 0 Å². The lowest BCUT2D eigenvalue weighted by atomic mass is 9.91. The fraction of sp³-hybridized carbons (Fsp3) is 0.900. The number of halogens is 1. The van der Waals surface area contributed by atoms with Crippen molar-refractivity contribution >= 4 is 18.5 Å². The van der Waals surface area contributed by atoms with E-state index in [1.165, 1.54) is 0 Å². The van der Waals surface area contributed by atoms with Gasteiger partial charge in [-0.15, -0.1) is 12.4 Å². The first-order chi connectivity index (χ1) is 6.52. The van der Waals surface area contributed by atoms with Gasteiger partial charge in [0, 0.05) is 5.54 Å². The quantitative estimate of drug-likeness (QED) is 0.767. The number of carbonyl (C=O) groups is 1. The number of ether oxygens (including phenoxy) is 1. The van der Waals surface area contributed by atoms with E-state index in [0.717, 1.165) is 25.9 Å². The minimum atomic E-state index is -0.301. The molecule has 2 N–H and O–H groups in total. The Labute approximate surface area is 97.5 Å². The van der Waals surface area contributed by atoms with Crippen LogP contribution in [0.1, 0.15) is 33.6 Å². The van der Waals surface area contributed by atoms with Crippen molar-refractivity contribution in [2.45, 2.75) is 45.3 Å². The third kappa shape index (κ3) is 5.23. The number of carbonyl (C=O) groups excluding carboxylic acids is 1. The number of alkyl carbamates (subject to hydrolysis) is 1. The van der Waals surface area contributed by atoms with Gasteiger partial charge < -0.3 is 15.4 Å². The highest BCUT2D eigenvalue weighted by molar-refractivity contribution is 5.85. The molecule has 1 aliphatic rings. The van der Waals surface area contributed by atoms with Crippen molar-refractivity contribution < 1.29 is 9.53 Å². The molecule has 4 nitrogen and oxygen atoms in total. The Morgan fingerprint density at radius 3 is 2.40 bits per heavy atom. The molecule has 0 bridgehead atoms. The van der Waals surface area contributed by atoms with E-state index >= 15 is 0 Å². The summed E-state index contributed by atoms with van der Waals surface area (Å²) in [7, 11) is 0. The first kappa shape index (κ1) is 14.5. The highest BCUT2D eigenvalue weighted by atomic mass is 35.5. The predicted molar refractivity (Wildman–Crippen MR) is 62.5 cm³/mol. The summed E-state index contributed by atoms with van der Waals surface area (Å²) in [5, 5.41) is 6.19. The Hall–Kier alpha value is -0.480. The van der Waals surface area contributed by atoms with Crippen molar-refractivity contribution in [3.8, 4) is 0 Å². The fourth-order valence-electron chi connectivity index (χ4n) is 1.59. The molecule has 90 valence electrons. The number of hydrogen-bond donors (Lipinski definition) is 2. The Bertz CT molecular complexity index is 204. The molecule has 1 heterocycles. The largest absolute Gasteiger partial charge is 0.447 e. The van der Waals surface area contributed by atoms with E-state index in [1.54, 1.807) is 0 Å². The Morgan fingerprint density at radius 2 is 1.93 bits per heavy atom. The Morgan fingerprint density at radius 1 is 1.40 bits per heavy atom. The second-order valence-corrected chi connectivity index (χ2v) is 4.39. The molecule has 0 aliphatic carbocycles. The number of nitrogens with one attached hydrogen (secondary N) is 2. The molecule has 0 saturated carbocycles. The smallest absolute Gasteiger partial charge is 0.407 e. The Balaban J connectivity index is 0.00000196. The van der Waals surface area contributed by atoms with Crippen LogP contribution in [0.2, 0.25) is 0 Å². The van der Waals surface area contributed by atoms with Crippen molar-refractivity contribution in [1.82, 2.24) is 10.6 Å². The summed E-state index contributed by atoms with van der Waals surface area (Å²) in [5.41, 5.74) is -0.1000. The third-order valence-electron chi connectivity index (χ3n) is 2.45. The van der Waals surface area contributed by atoms with Gasteiger partial charge in [-0.25, -0.2) is 4.79 Å². The highest BCUT2D eigenvalue weighted by Crippen LogP contribution is 2.17. The molecule has 0 radical (unpaired) electrons. The van der Waals surface area contributed by atoms with Crippen LogP contribution in [-0.2, 0) is 4.74 Å². The SMILES string of the molecule is CC(C)OC(=O)NC1(C)CCNCC1.Cl. The van der Waals surface area contributed by atoms with Crippen LogP contribution in [0.3, 0.4) is 0 Å². The zero-order valence-electron chi connectivity index (χ0n) is 9.63. The molecule has 0 aromatic rings. The molecule has 15 heavy (non-hydrogen) atoms. The molecule has 1 amide bonds. The third-order valence-corrected chi connectivity index (χ3v) is 2.45. The molecule has 1 aliphatic heterocycles. The highest BCUT2D eigenvalue weighted by Gasteiger charge is 2.28. The van der Waals surface area contributed by atoms with E-state index in [0.29, 0.717) is 0 Å². The molecule has 0 spiro atoms. The van der Waals surface area contributed by atoms with E-state index in [4.69, 9.17) is 4.74 Å². The van der Waals surface area contributed by atoms with E-state index in [1.807, 2.05) is 13.8 Å². The average Bonchev–Trinajstić information content (AvgIpc) is 2.02. The van der Waals surface area contributed by atoms with Gasteiger partial charge in [0.15, 0.2) is 0 Å². The molecule has 5 heteroatoms. The maximum Gasteiger partial charge on any atom is 0.407 e. The first-order valence-corrected chi connectivity index (χ1v) is 5.21. The summed E-state index contributed by atoms with van der Waals surface area (Å²) in [6.45, 7) is 7.68. The number of amides is 1. The lowest BCUT2D eigenvalue weighted by Crippen LogP contribution is -2.52. The first-order valence-electron chi connectivity index (χ1n) is 5.21.